The molecule has 308 valence electrons. The number of halogens is 3. The van der Waals surface area contributed by atoms with Gasteiger partial charge in [-0.25, -0.2) is 0 Å². The van der Waals surface area contributed by atoms with Crippen molar-refractivity contribution in [3.63, 3.8) is 0 Å². The van der Waals surface area contributed by atoms with Gasteiger partial charge in [0.25, 0.3) is 0 Å². The van der Waals surface area contributed by atoms with E-state index in [9.17, 15) is 0 Å². The summed E-state index contributed by atoms with van der Waals surface area (Å²) in [6, 6.07) is 73.2. The van der Waals surface area contributed by atoms with Gasteiger partial charge in [-0.15, -0.1) is 0 Å². The highest BCUT2D eigenvalue weighted by atomic mass is 127. The fourth-order valence-corrected chi connectivity index (χ4v) is 8.63. The second kappa shape index (κ2) is 21.4. The average molecular weight is 1040 g/mol. The highest BCUT2D eigenvalue weighted by Gasteiger charge is 2.17. The molecular weight excluding hydrogens is 985 g/mol. The molecule has 0 amide bonds. The summed E-state index contributed by atoms with van der Waals surface area (Å²) in [4.78, 5) is 2.30. The van der Waals surface area contributed by atoms with Crippen LogP contribution in [0.15, 0.2) is 215 Å². The van der Waals surface area contributed by atoms with Gasteiger partial charge in [-0.2, -0.15) is 0 Å². The minimum atomic E-state index is 0.135. The van der Waals surface area contributed by atoms with Crippen molar-refractivity contribution in [1.29, 1.82) is 0 Å². The van der Waals surface area contributed by atoms with Crippen molar-refractivity contribution in [3.8, 4) is 22.3 Å². The van der Waals surface area contributed by atoms with E-state index in [0.717, 1.165) is 32.4 Å². The third-order valence-electron chi connectivity index (χ3n) is 10.4. The molecule has 8 aromatic rings. The van der Waals surface area contributed by atoms with Gasteiger partial charge in [0.05, 0.1) is 0 Å². The zero-order chi connectivity index (χ0) is 43.4. The van der Waals surface area contributed by atoms with Crippen LogP contribution in [0.25, 0.3) is 22.3 Å². The Morgan fingerprint density at radius 2 is 0.754 bits per heavy atom. The summed E-state index contributed by atoms with van der Waals surface area (Å²) in [6.07, 6.45) is 0.986. The van der Waals surface area contributed by atoms with Gasteiger partial charge in [0.2, 0.25) is 0 Å². The lowest BCUT2D eigenvalue weighted by Gasteiger charge is -2.27. The lowest BCUT2D eigenvalue weighted by molar-refractivity contribution is 0.590. The van der Waals surface area contributed by atoms with E-state index in [2.05, 4.69) is 289 Å². The first kappa shape index (κ1) is 45.8. The summed E-state index contributed by atoms with van der Waals surface area (Å²) in [5, 5.41) is 0. The SMILES string of the molecule is Brc1cccc(I)c1.CC(C)(C)c1ccc(Cc2ccc(-c3ccccc3)cc2)cc1.CC(C)(C)c1ccc(N(c2ccc(-c3ccccc3)cc2)c2cccc(Br)c2)cc1. The van der Waals surface area contributed by atoms with Gasteiger partial charge >= 0.3 is 0 Å². The van der Waals surface area contributed by atoms with Crippen molar-refractivity contribution in [2.45, 2.75) is 58.8 Å². The quantitative estimate of drug-likeness (QED) is 0.144. The Labute approximate surface area is 395 Å². The molecule has 4 heteroatoms. The predicted octanol–water partition coefficient (Wildman–Crippen LogP) is 18.2. The minimum Gasteiger partial charge on any atom is -0.310 e. The highest BCUT2D eigenvalue weighted by Crippen LogP contribution is 2.38. The fraction of sp³-hybridized carbons (Fsp3) is 0.158. The molecule has 0 radical (unpaired) electrons. The molecule has 0 aliphatic rings. The normalized spacial score (nSPS) is 11.1. The van der Waals surface area contributed by atoms with Crippen LogP contribution in [-0.2, 0) is 17.3 Å². The predicted molar refractivity (Wildman–Crippen MR) is 280 cm³/mol. The Bertz CT molecular complexity index is 2540. The zero-order valence-electron chi connectivity index (χ0n) is 35.9. The number of nitrogens with zero attached hydrogens (tertiary/aromatic N) is 1. The lowest BCUT2D eigenvalue weighted by atomic mass is 9.86. The molecule has 0 unspecified atom stereocenters. The van der Waals surface area contributed by atoms with Crippen molar-refractivity contribution < 1.29 is 0 Å². The molecule has 61 heavy (non-hydrogen) atoms. The molecule has 8 aromatic carbocycles. The second-order valence-electron chi connectivity index (χ2n) is 17.2. The van der Waals surface area contributed by atoms with Crippen LogP contribution in [0.5, 0.6) is 0 Å². The number of anilines is 3. The van der Waals surface area contributed by atoms with Crippen molar-refractivity contribution in [2.75, 3.05) is 4.90 Å². The summed E-state index contributed by atoms with van der Waals surface area (Å²) in [5.74, 6) is 0. The molecule has 0 N–H and O–H groups in total. The van der Waals surface area contributed by atoms with Gasteiger partial charge < -0.3 is 4.90 Å². The molecule has 0 fully saturated rings. The smallest absolute Gasteiger partial charge is 0.0472 e. The van der Waals surface area contributed by atoms with Crippen LogP contribution in [0.3, 0.4) is 0 Å². The van der Waals surface area contributed by atoms with E-state index in [1.165, 1.54) is 48.1 Å². The fourth-order valence-electron chi connectivity index (χ4n) is 6.87. The number of rotatable bonds is 7. The summed E-state index contributed by atoms with van der Waals surface area (Å²) in [5.41, 5.74) is 14.2. The van der Waals surface area contributed by atoms with Crippen molar-refractivity contribution in [2.24, 2.45) is 0 Å². The highest BCUT2D eigenvalue weighted by molar-refractivity contribution is 14.1. The van der Waals surface area contributed by atoms with Gasteiger partial charge in [0, 0.05) is 29.6 Å². The van der Waals surface area contributed by atoms with E-state index in [0.29, 0.717) is 0 Å². The van der Waals surface area contributed by atoms with E-state index >= 15 is 0 Å². The van der Waals surface area contributed by atoms with Crippen molar-refractivity contribution >= 4 is 71.5 Å². The molecule has 0 aliphatic heterocycles. The largest absolute Gasteiger partial charge is 0.310 e. The van der Waals surface area contributed by atoms with E-state index in [1.807, 2.05) is 18.2 Å². The van der Waals surface area contributed by atoms with Gasteiger partial charge in [0.1, 0.15) is 0 Å². The zero-order valence-corrected chi connectivity index (χ0v) is 41.2. The van der Waals surface area contributed by atoms with Crippen molar-refractivity contribution in [3.05, 3.63) is 241 Å². The molecular formula is C57H54Br2IN. The maximum atomic E-state index is 3.63. The summed E-state index contributed by atoms with van der Waals surface area (Å²) in [7, 11) is 0. The number of hydrogen-bond donors (Lipinski definition) is 0. The molecule has 0 saturated carbocycles. The van der Waals surface area contributed by atoms with E-state index in [-0.39, 0.29) is 10.8 Å². The van der Waals surface area contributed by atoms with Crippen LogP contribution in [0.1, 0.15) is 63.8 Å². The topological polar surface area (TPSA) is 3.24 Å². The number of hydrogen-bond acceptors (Lipinski definition) is 1. The summed E-state index contributed by atoms with van der Waals surface area (Å²) in [6.45, 7) is 13.5. The molecule has 0 aliphatic carbocycles. The maximum Gasteiger partial charge on any atom is 0.0472 e. The molecule has 1 nitrogen and oxygen atoms in total. The average Bonchev–Trinajstić information content (AvgIpc) is 3.25. The van der Waals surface area contributed by atoms with Gasteiger partial charge in [-0.05, 0) is 145 Å². The van der Waals surface area contributed by atoms with Crippen molar-refractivity contribution in [1.82, 2.24) is 0 Å². The Morgan fingerprint density at radius 1 is 0.377 bits per heavy atom. The third kappa shape index (κ3) is 13.6. The van der Waals surface area contributed by atoms with Crippen LogP contribution in [0.2, 0.25) is 0 Å². The first-order valence-electron chi connectivity index (χ1n) is 20.7. The van der Waals surface area contributed by atoms with Gasteiger partial charge in [0.15, 0.2) is 0 Å². The van der Waals surface area contributed by atoms with E-state index in [1.54, 1.807) is 0 Å². The van der Waals surface area contributed by atoms with Gasteiger partial charge in [-0.3, -0.25) is 0 Å². The van der Waals surface area contributed by atoms with E-state index < -0.39 is 0 Å². The van der Waals surface area contributed by atoms with Crippen LogP contribution in [-0.4, -0.2) is 0 Å². The molecule has 0 aromatic heterocycles. The molecule has 0 atom stereocenters. The van der Waals surface area contributed by atoms with Crippen LogP contribution in [0, 0.1) is 3.57 Å². The molecule has 0 saturated heterocycles. The Kier molecular flexibility index (Phi) is 16.0. The third-order valence-corrected chi connectivity index (χ3v) is 12.0. The standard InChI is InChI=1S/C28H26BrN.C23H24.C6H4BrI/c1-28(2,3)23-14-18-26(19-15-23)30(27-11-7-10-24(29)20-27)25-16-12-22(13-17-25)21-8-5-4-6-9-21;1-23(2,3)22-15-11-19(12-16-22)17-18-9-13-21(14-10-18)20-7-5-4-6-8-20;7-5-2-1-3-6(8)4-5/h4-20H,1-3H3;4-16H,17H2,1-3H3;1-4H. The number of benzene rings is 8. The molecule has 0 bridgehead atoms. The minimum absolute atomic E-state index is 0.135. The van der Waals surface area contributed by atoms with Crippen LogP contribution in [0.4, 0.5) is 17.1 Å². The van der Waals surface area contributed by atoms with E-state index in [4.69, 9.17) is 0 Å². The lowest BCUT2D eigenvalue weighted by Crippen LogP contribution is -2.13. The Balaban J connectivity index is 0.000000177. The molecule has 0 spiro atoms. The monoisotopic (exact) mass is 1040 g/mol. The molecule has 0 heterocycles. The maximum absolute atomic E-state index is 3.63. The van der Waals surface area contributed by atoms with Crippen LogP contribution >= 0.6 is 54.5 Å². The summed E-state index contributed by atoms with van der Waals surface area (Å²) >= 11 is 9.26. The summed E-state index contributed by atoms with van der Waals surface area (Å²) < 4.78 is 3.47. The first-order chi connectivity index (χ1) is 29.2. The molecule has 8 rings (SSSR count). The first-order valence-corrected chi connectivity index (χ1v) is 23.4. The Hall–Kier alpha value is -4.75. The Morgan fingerprint density at radius 3 is 1.16 bits per heavy atom. The van der Waals surface area contributed by atoms with Crippen LogP contribution < -0.4 is 4.90 Å². The second-order valence-corrected chi connectivity index (χ2v) is 20.2. The van der Waals surface area contributed by atoms with Gasteiger partial charge in [-0.1, -0.05) is 219 Å².